The SMILES string of the molecule is CN(C(=O)CCCc1ncc(-c2ccccc2)o1)C1CCN(CCc2ccccn2)CC1. The van der Waals surface area contributed by atoms with Crippen molar-refractivity contribution in [2.45, 2.75) is 44.6 Å². The lowest BCUT2D eigenvalue weighted by Gasteiger charge is -2.36. The Balaban J connectivity index is 1.16. The number of benzene rings is 1. The van der Waals surface area contributed by atoms with Crippen LogP contribution in [0.5, 0.6) is 0 Å². The average molecular weight is 433 g/mol. The molecule has 1 saturated heterocycles. The average Bonchev–Trinajstić information content (AvgIpc) is 3.33. The van der Waals surface area contributed by atoms with Crippen molar-refractivity contribution in [3.63, 3.8) is 0 Å². The van der Waals surface area contributed by atoms with Gasteiger partial charge in [0.05, 0.1) is 6.20 Å². The molecule has 0 saturated carbocycles. The second-order valence-electron chi connectivity index (χ2n) is 8.49. The van der Waals surface area contributed by atoms with Crippen LogP contribution in [-0.2, 0) is 17.6 Å². The quantitative estimate of drug-likeness (QED) is 0.506. The van der Waals surface area contributed by atoms with Crippen molar-refractivity contribution in [1.29, 1.82) is 0 Å². The first kappa shape index (κ1) is 22.2. The first-order chi connectivity index (χ1) is 15.7. The van der Waals surface area contributed by atoms with Gasteiger partial charge in [-0.25, -0.2) is 4.98 Å². The van der Waals surface area contributed by atoms with Gasteiger partial charge in [0.25, 0.3) is 0 Å². The normalized spacial score (nSPS) is 15.0. The van der Waals surface area contributed by atoms with Crippen LogP contribution < -0.4 is 0 Å². The molecule has 0 bridgehead atoms. The molecule has 1 fully saturated rings. The highest BCUT2D eigenvalue weighted by molar-refractivity contribution is 5.76. The lowest BCUT2D eigenvalue weighted by Crippen LogP contribution is -2.46. The van der Waals surface area contributed by atoms with Crippen molar-refractivity contribution >= 4 is 5.91 Å². The number of aryl methyl sites for hydroxylation is 1. The molecule has 0 radical (unpaired) electrons. The van der Waals surface area contributed by atoms with Crippen molar-refractivity contribution in [2.75, 3.05) is 26.7 Å². The maximum absolute atomic E-state index is 12.7. The van der Waals surface area contributed by atoms with E-state index in [0.717, 1.165) is 62.3 Å². The molecule has 2 aromatic heterocycles. The second-order valence-corrected chi connectivity index (χ2v) is 8.49. The van der Waals surface area contributed by atoms with Gasteiger partial charge in [-0.15, -0.1) is 0 Å². The van der Waals surface area contributed by atoms with E-state index >= 15 is 0 Å². The molecule has 0 atom stereocenters. The van der Waals surface area contributed by atoms with Gasteiger partial charge in [-0.3, -0.25) is 9.78 Å². The molecule has 3 aromatic rings. The standard InChI is InChI=1S/C26H32N4O2/c1-29(23-14-18-30(19-15-23)17-13-22-10-5-6-16-27-22)26(31)12-7-11-25-28-20-24(32-25)21-8-3-2-4-9-21/h2-6,8-10,16,20,23H,7,11-15,17-19H2,1H3. The molecular formula is C26H32N4O2. The highest BCUT2D eigenvalue weighted by atomic mass is 16.4. The molecule has 1 amide bonds. The Labute approximate surface area is 190 Å². The fraction of sp³-hybridized carbons (Fsp3) is 0.423. The summed E-state index contributed by atoms with van der Waals surface area (Å²) in [5.41, 5.74) is 2.16. The van der Waals surface area contributed by atoms with Gasteiger partial charge in [0.1, 0.15) is 0 Å². The highest BCUT2D eigenvalue weighted by Crippen LogP contribution is 2.21. The van der Waals surface area contributed by atoms with Gasteiger partial charge in [0.2, 0.25) is 5.91 Å². The van der Waals surface area contributed by atoms with Crippen LogP contribution in [0.15, 0.2) is 65.3 Å². The summed E-state index contributed by atoms with van der Waals surface area (Å²) in [5.74, 6) is 1.69. The maximum atomic E-state index is 12.7. The fourth-order valence-electron chi connectivity index (χ4n) is 4.28. The predicted octanol–water partition coefficient (Wildman–Crippen LogP) is 4.22. The van der Waals surface area contributed by atoms with Crippen LogP contribution in [0.4, 0.5) is 0 Å². The monoisotopic (exact) mass is 432 g/mol. The molecule has 6 heteroatoms. The second kappa shape index (κ2) is 11.0. The Hall–Kier alpha value is -2.99. The first-order valence-corrected chi connectivity index (χ1v) is 11.6. The molecule has 0 spiro atoms. The molecule has 32 heavy (non-hydrogen) atoms. The third kappa shape index (κ3) is 6.04. The zero-order chi connectivity index (χ0) is 22.2. The van der Waals surface area contributed by atoms with Crippen molar-refractivity contribution in [2.24, 2.45) is 0 Å². The summed E-state index contributed by atoms with van der Waals surface area (Å²) in [6.45, 7) is 3.10. The summed E-state index contributed by atoms with van der Waals surface area (Å²) in [7, 11) is 1.95. The summed E-state index contributed by atoms with van der Waals surface area (Å²) >= 11 is 0. The largest absolute Gasteiger partial charge is 0.441 e. The van der Waals surface area contributed by atoms with E-state index in [4.69, 9.17) is 4.42 Å². The number of likely N-dealkylation sites (tertiary alicyclic amines) is 1. The van der Waals surface area contributed by atoms with Gasteiger partial charge in [0.15, 0.2) is 11.7 Å². The number of piperidine rings is 1. The zero-order valence-electron chi connectivity index (χ0n) is 18.8. The Bertz CT molecular complexity index is 966. The number of carbonyl (C=O) groups is 1. The molecule has 1 aliphatic heterocycles. The number of rotatable bonds is 9. The van der Waals surface area contributed by atoms with Crippen LogP contribution in [0.25, 0.3) is 11.3 Å². The van der Waals surface area contributed by atoms with E-state index in [9.17, 15) is 4.79 Å². The lowest BCUT2D eigenvalue weighted by molar-refractivity contribution is -0.132. The number of amides is 1. The molecule has 0 N–H and O–H groups in total. The Morgan fingerprint density at radius 2 is 1.84 bits per heavy atom. The van der Waals surface area contributed by atoms with E-state index < -0.39 is 0 Å². The molecule has 0 aliphatic carbocycles. The minimum Gasteiger partial charge on any atom is -0.441 e. The minimum atomic E-state index is 0.215. The van der Waals surface area contributed by atoms with Crippen molar-refractivity contribution in [3.8, 4) is 11.3 Å². The lowest BCUT2D eigenvalue weighted by atomic mass is 10.0. The Morgan fingerprint density at radius 1 is 1.06 bits per heavy atom. The van der Waals surface area contributed by atoms with Crippen LogP contribution in [0, 0.1) is 0 Å². The summed E-state index contributed by atoms with van der Waals surface area (Å²) in [5, 5.41) is 0. The van der Waals surface area contributed by atoms with E-state index in [1.807, 2.05) is 60.6 Å². The zero-order valence-corrected chi connectivity index (χ0v) is 18.8. The Kier molecular flexibility index (Phi) is 7.67. The van der Waals surface area contributed by atoms with E-state index in [1.54, 1.807) is 6.20 Å². The molecule has 4 rings (SSSR count). The van der Waals surface area contributed by atoms with Gasteiger partial charge in [0, 0.05) is 69.4 Å². The molecule has 3 heterocycles. The molecule has 1 aromatic carbocycles. The topological polar surface area (TPSA) is 62.5 Å². The Morgan fingerprint density at radius 3 is 2.59 bits per heavy atom. The van der Waals surface area contributed by atoms with E-state index in [-0.39, 0.29) is 5.91 Å². The van der Waals surface area contributed by atoms with Gasteiger partial charge >= 0.3 is 0 Å². The van der Waals surface area contributed by atoms with Crippen LogP contribution >= 0.6 is 0 Å². The molecule has 0 unspecified atom stereocenters. The van der Waals surface area contributed by atoms with Crippen molar-refractivity contribution < 1.29 is 9.21 Å². The summed E-state index contributed by atoms with van der Waals surface area (Å²) in [6.07, 6.45) is 8.62. The molecule has 6 nitrogen and oxygen atoms in total. The number of oxazole rings is 1. The van der Waals surface area contributed by atoms with E-state index in [0.29, 0.717) is 24.8 Å². The molecule has 168 valence electrons. The van der Waals surface area contributed by atoms with Crippen molar-refractivity contribution in [3.05, 3.63) is 72.5 Å². The minimum absolute atomic E-state index is 0.215. The fourth-order valence-corrected chi connectivity index (χ4v) is 4.28. The summed E-state index contributed by atoms with van der Waals surface area (Å²) in [6, 6.07) is 16.4. The third-order valence-electron chi connectivity index (χ3n) is 6.30. The van der Waals surface area contributed by atoms with Gasteiger partial charge in [-0.1, -0.05) is 36.4 Å². The van der Waals surface area contributed by atoms with Gasteiger partial charge in [-0.05, 0) is 31.4 Å². The number of hydrogen-bond acceptors (Lipinski definition) is 5. The van der Waals surface area contributed by atoms with Crippen LogP contribution in [0.2, 0.25) is 0 Å². The highest BCUT2D eigenvalue weighted by Gasteiger charge is 2.25. The number of pyridine rings is 1. The first-order valence-electron chi connectivity index (χ1n) is 11.6. The van der Waals surface area contributed by atoms with Crippen LogP contribution in [0.1, 0.15) is 37.3 Å². The number of carbonyl (C=O) groups excluding carboxylic acids is 1. The molecular weight excluding hydrogens is 400 g/mol. The number of aromatic nitrogens is 2. The maximum Gasteiger partial charge on any atom is 0.222 e. The summed E-state index contributed by atoms with van der Waals surface area (Å²) in [4.78, 5) is 25.9. The smallest absolute Gasteiger partial charge is 0.222 e. The number of nitrogens with zero attached hydrogens (tertiary/aromatic N) is 4. The van der Waals surface area contributed by atoms with Crippen LogP contribution in [0.3, 0.4) is 0 Å². The predicted molar refractivity (Wildman–Crippen MR) is 125 cm³/mol. The number of hydrogen-bond donors (Lipinski definition) is 0. The van der Waals surface area contributed by atoms with Crippen molar-refractivity contribution in [1.82, 2.24) is 19.8 Å². The van der Waals surface area contributed by atoms with E-state index in [1.165, 1.54) is 0 Å². The summed E-state index contributed by atoms with van der Waals surface area (Å²) < 4.78 is 5.85. The molecule has 1 aliphatic rings. The van der Waals surface area contributed by atoms with Gasteiger partial charge < -0.3 is 14.2 Å². The van der Waals surface area contributed by atoms with Gasteiger partial charge in [-0.2, -0.15) is 0 Å². The van der Waals surface area contributed by atoms with Crippen LogP contribution in [-0.4, -0.2) is 58.4 Å². The third-order valence-corrected chi connectivity index (χ3v) is 6.30. The van der Waals surface area contributed by atoms with E-state index in [2.05, 4.69) is 20.9 Å².